The van der Waals surface area contributed by atoms with Crippen LogP contribution in [0.5, 0.6) is 0 Å². The van der Waals surface area contributed by atoms with Crippen molar-refractivity contribution in [2.45, 2.75) is 13.8 Å². The Hall–Kier alpha value is -2.54. The molecule has 102 valence electrons. The predicted octanol–water partition coefficient (Wildman–Crippen LogP) is 5.35. The van der Waals surface area contributed by atoms with Gasteiger partial charge in [0.25, 0.3) is 0 Å². The minimum Gasteiger partial charge on any atom is -0.398 e. The molecular weight excluding hydrogens is 254 g/mol. The minimum absolute atomic E-state index is 0.897. The number of nitrogens with two attached hydrogens (primary N) is 1. The Bertz CT molecular complexity index is 1010. The van der Waals surface area contributed by atoms with Gasteiger partial charge < -0.3 is 5.73 Å². The fourth-order valence-electron chi connectivity index (χ4n) is 3.32. The van der Waals surface area contributed by atoms with Gasteiger partial charge in [0.05, 0.1) is 0 Å². The van der Waals surface area contributed by atoms with Crippen LogP contribution in [0.3, 0.4) is 0 Å². The van der Waals surface area contributed by atoms with Crippen molar-refractivity contribution in [3.8, 4) is 0 Å². The van der Waals surface area contributed by atoms with E-state index in [-0.39, 0.29) is 0 Å². The van der Waals surface area contributed by atoms with Gasteiger partial charge in [0.1, 0.15) is 0 Å². The summed E-state index contributed by atoms with van der Waals surface area (Å²) in [6, 6.07) is 19.5. The second-order valence-corrected chi connectivity index (χ2v) is 5.80. The van der Waals surface area contributed by atoms with Crippen molar-refractivity contribution < 1.29 is 0 Å². The molecule has 0 spiro atoms. The van der Waals surface area contributed by atoms with Crippen LogP contribution >= 0.6 is 0 Å². The summed E-state index contributed by atoms with van der Waals surface area (Å²) >= 11 is 0. The molecule has 0 fully saturated rings. The molecule has 1 heteroatoms. The Balaban J connectivity index is 2.42. The maximum atomic E-state index is 6.43. The monoisotopic (exact) mass is 271 g/mol. The van der Waals surface area contributed by atoms with E-state index in [1.54, 1.807) is 0 Å². The van der Waals surface area contributed by atoms with Crippen molar-refractivity contribution >= 4 is 38.0 Å². The zero-order chi connectivity index (χ0) is 14.6. The third-order valence-electron chi connectivity index (χ3n) is 4.47. The van der Waals surface area contributed by atoms with Crippen LogP contribution in [0.15, 0.2) is 54.6 Å². The second-order valence-electron chi connectivity index (χ2n) is 5.80. The topological polar surface area (TPSA) is 26.0 Å². The third-order valence-corrected chi connectivity index (χ3v) is 4.47. The molecule has 4 rings (SSSR count). The molecule has 0 unspecified atom stereocenters. The van der Waals surface area contributed by atoms with E-state index in [0.717, 1.165) is 11.3 Å². The molecule has 0 aromatic heterocycles. The SMILES string of the molecule is Cc1ccc2ccc3ccc4cccc(C)c4c3c2c1N. The van der Waals surface area contributed by atoms with Gasteiger partial charge >= 0.3 is 0 Å². The Morgan fingerprint density at radius 3 is 1.86 bits per heavy atom. The van der Waals surface area contributed by atoms with E-state index >= 15 is 0 Å². The van der Waals surface area contributed by atoms with Gasteiger partial charge in [-0.1, -0.05) is 54.6 Å². The highest BCUT2D eigenvalue weighted by Crippen LogP contribution is 2.37. The normalized spacial score (nSPS) is 11.5. The van der Waals surface area contributed by atoms with E-state index in [2.05, 4.69) is 68.4 Å². The summed E-state index contributed by atoms with van der Waals surface area (Å²) < 4.78 is 0. The average Bonchev–Trinajstić information content (AvgIpc) is 2.50. The van der Waals surface area contributed by atoms with Crippen LogP contribution in [0.25, 0.3) is 32.3 Å². The van der Waals surface area contributed by atoms with E-state index < -0.39 is 0 Å². The molecule has 4 aromatic rings. The molecule has 0 amide bonds. The number of rotatable bonds is 0. The van der Waals surface area contributed by atoms with Gasteiger partial charge in [0, 0.05) is 11.1 Å². The molecule has 0 bridgehead atoms. The van der Waals surface area contributed by atoms with Crippen molar-refractivity contribution in [1.82, 2.24) is 0 Å². The summed E-state index contributed by atoms with van der Waals surface area (Å²) in [5, 5.41) is 7.52. The van der Waals surface area contributed by atoms with Crippen LogP contribution in [-0.2, 0) is 0 Å². The quantitative estimate of drug-likeness (QED) is 0.339. The number of aryl methyl sites for hydroxylation is 2. The molecule has 0 radical (unpaired) electrons. The predicted molar refractivity (Wildman–Crippen MR) is 92.8 cm³/mol. The maximum Gasteiger partial charge on any atom is 0.0429 e. The molecule has 0 saturated carbocycles. The van der Waals surface area contributed by atoms with Gasteiger partial charge in [0.15, 0.2) is 0 Å². The number of fused-ring (bicyclic) bond motifs is 5. The van der Waals surface area contributed by atoms with Crippen molar-refractivity contribution in [3.05, 3.63) is 65.7 Å². The van der Waals surface area contributed by atoms with Crippen LogP contribution in [0, 0.1) is 13.8 Å². The smallest absolute Gasteiger partial charge is 0.0429 e. The lowest BCUT2D eigenvalue weighted by Gasteiger charge is -2.13. The lowest BCUT2D eigenvalue weighted by Crippen LogP contribution is -1.93. The Morgan fingerprint density at radius 1 is 0.571 bits per heavy atom. The first-order chi connectivity index (χ1) is 10.2. The minimum atomic E-state index is 0.897. The lowest BCUT2D eigenvalue weighted by atomic mass is 9.92. The molecule has 0 heterocycles. The van der Waals surface area contributed by atoms with Gasteiger partial charge in [0.2, 0.25) is 0 Å². The van der Waals surface area contributed by atoms with E-state index in [9.17, 15) is 0 Å². The average molecular weight is 271 g/mol. The van der Waals surface area contributed by atoms with Gasteiger partial charge in [-0.2, -0.15) is 0 Å². The van der Waals surface area contributed by atoms with E-state index in [4.69, 9.17) is 5.73 Å². The first-order valence-corrected chi connectivity index (χ1v) is 7.26. The summed E-state index contributed by atoms with van der Waals surface area (Å²) in [6.45, 7) is 4.25. The fourth-order valence-corrected chi connectivity index (χ4v) is 3.32. The largest absolute Gasteiger partial charge is 0.398 e. The second kappa shape index (κ2) is 4.23. The molecule has 1 nitrogen and oxygen atoms in total. The van der Waals surface area contributed by atoms with Crippen molar-refractivity contribution in [2.24, 2.45) is 0 Å². The molecule has 0 saturated heterocycles. The number of anilines is 1. The van der Waals surface area contributed by atoms with Gasteiger partial charge in [-0.3, -0.25) is 0 Å². The number of hydrogen-bond acceptors (Lipinski definition) is 1. The standard InChI is InChI=1S/C20H17N/c1-12-4-3-5-14-8-9-15-10-11-16-7-6-13(2)20(21)19(16)18(15)17(12)14/h3-11H,21H2,1-2H3. The summed E-state index contributed by atoms with van der Waals surface area (Å²) in [6.07, 6.45) is 0. The van der Waals surface area contributed by atoms with Crippen LogP contribution in [0.4, 0.5) is 5.69 Å². The van der Waals surface area contributed by atoms with Crippen LogP contribution in [0.1, 0.15) is 11.1 Å². The van der Waals surface area contributed by atoms with Crippen molar-refractivity contribution in [2.75, 3.05) is 5.73 Å². The molecular formula is C20H17N. The number of nitrogen functional groups attached to an aromatic ring is 1. The fraction of sp³-hybridized carbons (Fsp3) is 0.100. The summed E-state index contributed by atoms with van der Waals surface area (Å²) in [5.41, 5.74) is 9.76. The summed E-state index contributed by atoms with van der Waals surface area (Å²) in [4.78, 5) is 0. The number of benzene rings is 4. The van der Waals surface area contributed by atoms with Crippen molar-refractivity contribution in [1.29, 1.82) is 0 Å². The van der Waals surface area contributed by atoms with E-state index in [0.29, 0.717) is 0 Å². The maximum absolute atomic E-state index is 6.43. The highest BCUT2D eigenvalue weighted by molar-refractivity contribution is 6.24. The first kappa shape index (κ1) is 12.2. The zero-order valence-corrected chi connectivity index (χ0v) is 12.3. The highest BCUT2D eigenvalue weighted by atomic mass is 14.6. The van der Waals surface area contributed by atoms with E-state index in [1.807, 2.05) is 0 Å². The van der Waals surface area contributed by atoms with Gasteiger partial charge in [-0.15, -0.1) is 0 Å². The van der Waals surface area contributed by atoms with Crippen molar-refractivity contribution in [3.63, 3.8) is 0 Å². The van der Waals surface area contributed by atoms with E-state index in [1.165, 1.54) is 37.9 Å². The summed E-state index contributed by atoms with van der Waals surface area (Å²) in [7, 11) is 0. The zero-order valence-electron chi connectivity index (χ0n) is 12.3. The molecule has 0 aliphatic heterocycles. The molecule has 0 atom stereocenters. The Kier molecular flexibility index (Phi) is 2.46. The molecule has 0 aliphatic carbocycles. The lowest BCUT2D eigenvalue weighted by molar-refractivity contribution is 1.51. The van der Waals surface area contributed by atoms with Crippen LogP contribution < -0.4 is 5.73 Å². The highest BCUT2D eigenvalue weighted by Gasteiger charge is 2.10. The van der Waals surface area contributed by atoms with Gasteiger partial charge in [-0.05, 0) is 51.9 Å². The molecule has 4 aromatic carbocycles. The summed E-state index contributed by atoms with van der Waals surface area (Å²) in [5.74, 6) is 0. The molecule has 0 aliphatic rings. The molecule has 21 heavy (non-hydrogen) atoms. The first-order valence-electron chi connectivity index (χ1n) is 7.26. The van der Waals surface area contributed by atoms with Crippen LogP contribution in [0.2, 0.25) is 0 Å². The Morgan fingerprint density at radius 2 is 1.14 bits per heavy atom. The Labute approximate surface area is 124 Å². The van der Waals surface area contributed by atoms with Crippen LogP contribution in [-0.4, -0.2) is 0 Å². The van der Waals surface area contributed by atoms with Gasteiger partial charge in [-0.25, -0.2) is 0 Å². The molecule has 2 N–H and O–H groups in total. The number of hydrogen-bond donors (Lipinski definition) is 1. The third kappa shape index (κ3) is 1.64.